The second-order valence-electron chi connectivity index (χ2n) is 6.08. The molecule has 0 bridgehead atoms. The van der Waals surface area contributed by atoms with E-state index in [4.69, 9.17) is 5.21 Å². The summed E-state index contributed by atoms with van der Waals surface area (Å²) in [5.74, 6) is 0.305. The molecule has 0 aromatic heterocycles. The Labute approximate surface area is 136 Å². The Bertz CT molecular complexity index is 501. The lowest BCUT2D eigenvalue weighted by Gasteiger charge is -2.24. The zero-order valence-corrected chi connectivity index (χ0v) is 13.3. The van der Waals surface area contributed by atoms with E-state index in [0.29, 0.717) is 18.9 Å². The van der Waals surface area contributed by atoms with Crippen molar-refractivity contribution in [3.8, 4) is 0 Å². The van der Waals surface area contributed by atoms with Gasteiger partial charge in [0.15, 0.2) is 0 Å². The summed E-state index contributed by atoms with van der Waals surface area (Å²) in [4.78, 5) is 23.8. The minimum atomic E-state index is -0.779. The molecule has 1 aromatic carbocycles. The summed E-state index contributed by atoms with van der Waals surface area (Å²) in [5, 5.41) is 14.1. The lowest BCUT2D eigenvalue weighted by molar-refractivity contribution is -0.123. The van der Waals surface area contributed by atoms with Crippen LogP contribution in [-0.2, 0) is 11.2 Å². The smallest absolute Gasteiger partial charge is 0.339 e. The van der Waals surface area contributed by atoms with E-state index in [1.807, 2.05) is 30.3 Å². The molecule has 6 nitrogen and oxygen atoms in total. The Balaban J connectivity index is 1.91. The number of rotatable bonds is 6. The molecule has 1 aromatic rings. The SMILES string of the molecule is O=C(NO)N[C@@H](Cc1ccccc1)C(=O)NCC1CCCCC1. The molecule has 0 aliphatic heterocycles. The highest BCUT2D eigenvalue weighted by molar-refractivity contribution is 5.86. The third-order valence-corrected chi connectivity index (χ3v) is 4.30. The number of hydrogen-bond acceptors (Lipinski definition) is 3. The van der Waals surface area contributed by atoms with Gasteiger partial charge in [-0.25, -0.2) is 10.3 Å². The summed E-state index contributed by atoms with van der Waals surface area (Å²) in [6.07, 6.45) is 6.39. The van der Waals surface area contributed by atoms with E-state index in [-0.39, 0.29) is 5.91 Å². The highest BCUT2D eigenvalue weighted by Crippen LogP contribution is 2.22. The Kier molecular flexibility index (Phi) is 6.87. The molecule has 4 N–H and O–H groups in total. The summed E-state index contributed by atoms with van der Waals surface area (Å²) in [6.45, 7) is 0.645. The number of nitrogens with one attached hydrogen (secondary N) is 3. The van der Waals surface area contributed by atoms with Gasteiger partial charge in [0, 0.05) is 13.0 Å². The Morgan fingerprint density at radius 3 is 2.48 bits per heavy atom. The third kappa shape index (κ3) is 5.90. The second kappa shape index (κ2) is 9.15. The lowest BCUT2D eigenvalue weighted by atomic mass is 9.89. The van der Waals surface area contributed by atoms with Crippen LogP contribution in [0.1, 0.15) is 37.7 Å². The molecular formula is C17H25N3O3. The van der Waals surface area contributed by atoms with Crippen molar-refractivity contribution in [3.05, 3.63) is 35.9 Å². The standard InChI is InChI=1S/C17H25N3O3/c21-16(18-12-14-9-5-2-6-10-14)15(19-17(22)20-23)11-13-7-3-1-4-8-13/h1,3-4,7-8,14-15,23H,2,5-6,9-12H2,(H,18,21)(H2,19,20,22)/t15-/m0/s1. The monoisotopic (exact) mass is 319 g/mol. The van der Waals surface area contributed by atoms with Gasteiger partial charge in [-0.15, -0.1) is 0 Å². The molecule has 0 unspecified atom stereocenters. The van der Waals surface area contributed by atoms with Gasteiger partial charge in [0.25, 0.3) is 0 Å². The molecule has 1 fully saturated rings. The van der Waals surface area contributed by atoms with E-state index in [1.54, 1.807) is 0 Å². The van der Waals surface area contributed by atoms with Gasteiger partial charge < -0.3 is 10.6 Å². The molecule has 6 heteroatoms. The molecule has 1 aliphatic rings. The van der Waals surface area contributed by atoms with E-state index in [2.05, 4.69) is 10.6 Å². The fourth-order valence-electron chi connectivity index (χ4n) is 3.01. The van der Waals surface area contributed by atoms with Crippen LogP contribution in [0, 0.1) is 5.92 Å². The highest BCUT2D eigenvalue weighted by Gasteiger charge is 2.22. The average Bonchev–Trinajstić information content (AvgIpc) is 2.60. The molecule has 2 rings (SSSR count). The number of hydrogen-bond donors (Lipinski definition) is 4. The van der Waals surface area contributed by atoms with Gasteiger partial charge in [-0.1, -0.05) is 49.6 Å². The van der Waals surface area contributed by atoms with Gasteiger partial charge >= 0.3 is 6.03 Å². The van der Waals surface area contributed by atoms with E-state index in [1.165, 1.54) is 24.7 Å². The van der Waals surface area contributed by atoms with Crippen LogP contribution in [-0.4, -0.2) is 29.7 Å². The zero-order chi connectivity index (χ0) is 16.5. The highest BCUT2D eigenvalue weighted by atomic mass is 16.5. The van der Waals surface area contributed by atoms with Crippen LogP contribution in [0.15, 0.2) is 30.3 Å². The van der Waals surface area contributed by atoms with Gasteiger partial charge in [-0.3, -0.25) is 10.0 Å². The first-order chi connectivity index (χ1) is 11.2. The van der Waals surface area contributed by atoms with Crippen LogP contribution in [0.3, 0.4) is 0 Å². The fourth-order valence-corrected chi connectivity index (χ4v) is 3.01. The number of carbonyl (C=O) groups excluding carboxylic acids is 2. The maximum Gasteiger partial charge on any atom is 0.339 e. The van der Waals surface area contributed by atoms with E-state index in [9.17, 15) is 9.59 Å². The number of amides is 3. The molecule has 1 atom stereocenters. The first-order valence-corrected chi connectivity index (χ1v) is 8.21. The predicted octanol–water partition coefficient (Wildman–Crippen LogP) is 1.98. The van der Waals surface area contributed by atoms with Gasteiger partial charge in [0.1, 0.15) is 6.04 Å². The number of urea groups is 1. The molecule has 0 saturated heterocycles. The van der Waals surface area contributed by atoms with E-state index in [0.717, 1.165) is 18.4 Å². The van der Waals surface area contributed by atoms with E-state index < -0.39 is 12.1 Å². The van der Waals surface area contributed by atoms with Crippen molar-refractivity contribution in [2.45, 2.75) is 44.6 Å². The molecule has 0 heterocycles. The quantitative estimate of drug-likeness (QED) is 0.477. The van der Waals surface area contributed by atoms with Crippen molar-refractivity contribution in [3.63, 3.8) is 0 Å². The predicted molar refractivity (Wildman–Crippen MR) is 87.0 cm³/mol. The van der Waals surface area contributed by atoms with Crippen LogP contribution in [0.2, 0.25) is 0 Å². The molecule has 3 amide bonds. The Morgan fingerprint density at radius 2 is 1.83 bits per heavy atom. The van der Waals surface area contributed by atoms with Crippen LogP contribution < -0.4 is 16.1 Å². The topological polar surface area (TPSA) is 90.5 Å². The summed E-state index contributed by atoms with van der Waals surface area (Å²) in [7, 11) is 0. The molecule has 0 radical (unpaired) electrons. The molecule has 0 spiro atoms. The van der Waals surface area contributed by atoms with Gasteiger partial charge in [0.2, 0.25) is 5.91 Å². The van der Waals surface area contributed by atoms with Crippen molar-refractivity contribution < 1.29 is 14.8 Å². The van der Waals surface area contributed by atoms with Crippen molar-refractivity contribution in [1.29, 1.82) is 0 Å². The fraction of sp³-hybridized carbons (Fsp3) is 0.529. The first-order valence-electron chi connectivity index (χ1n) is 8.21. The second-order valence-corrected chi connectivity index (χ2v) is 6.08. The number of hydroxylamine groups is 1. The maximum absolute atomic E-state index is 12.4. The summed E-state index contributed by atoms with van der Waals surface area (Å²) in [5.41, 5.74) is 2.46. The third-order valence-electron chi connectivity index (χ3n) is 4.30. The molecule has 23 heavy (non-hydrogen) atoms. The summed E-state index contributed by atoms with van der Waals surface area (Å²) < 4.78 is 0. The van der Waals surface area contributed by atoms with Crippen molar-refractivity contribution >= 4 is 11.9 Å². The van der Waals surface area contributed by atoms with E-state index >= 15 is 0 Å². The van der Waals surface area contributed by atoms with Crippen molar-refractivity contribution in [1.82, 2.24) is 16.1 Å². The first kappa shape index (κ1) is 17.3. The largest absolute Gasteiger partial charge is 0.354 e. The minimum Gasteiger partial charge on any atom is -0.354 e. The molecule has 126 valence electrons. The van der Waals surface area contributed by atoms with Gasteiger partial charge in [0.05, 0.1) is 0 Å². The number of benzene rings is 1. The van der Waals surface area contributed by atoms with Crippen LogP contribution in [0.25, 0.3) is 0 Å². The normalized spacial score (nSPS) is 16.4. The van der Waals surface area contributed by atoms with Crippen molar-refractivity contribution in [2.75, 3.05) is 6.54 Å². The van der Waals surface area contributed by atoms with Crippen LogP contribution in [0.5, 0.6) is 0 Å². The van der Waals surface area contributed by atoms with Crippen LogP contribution in [0.4, 0.5) is 4.79 Å². The maximum atomic E-state index is 12.4. The average molecular weight is 319 g/mol. The lowest BCUT2D eigenvalue weighted by Crippen LogP contribution is -2.51. The molecular weight excluding hydrogens is 294 g/mol. The Hall–Kier alpha value is -2.08. The zero-order valence-electron chi connectivity index (χ0n) is 13.3. The molecule has 1 saturated carbocycles. The summed E-state index contributed by atoms with van der Waals surface area (Å²) >= 11 is 0. The molecule has 1 aliphatic carbocycles. The minimum absolute atomic E-state index is 0.219. The summed E-state index contributed by atoms with van der Waals surface area (Å²) in [6, 6.07) is 7.98. The number of carbonyl (C=O) groups is 2. The van der Waals surface area contributed by atoms with Gasteiger partial charge in [-0.05, 0) is 24.3 Å². The van der Waals surface area contributed by atoms with Gasteiger partial charge in [-0.2, -0.15) is 0 Å². The van der Waals surface area contributed by atoms with Crippen molar-refractivity contribution in [2.24, 2.45) is 5.92 Å². The Morgan fingerprint density at radius 1 is 1.13 bits per heavy atom. The van der Waals surface area contributed by atoms with Crippen LogP contribution >= 0.6 is 0 Å².